The Kier molecular flexibility index (Phi) is 6.69. The second kappa shape index (κ2) is 7.40. The topological polar surface area (TPSA) is 46.5 Å². The first kappa shape index (κ1) is 11.8. The van der Waals surface area contributed by atoms with Crippen molar-refractivity contribution >= 4 is 5.97 Å². The summed E-state index contributed by atoms with van der Waals surface area (Å²) in [6.45, 7) is 7.68. The summed E-state index contributed by atoms with van der Waals surface area (Å²) in [6, 6.07) is 0. The average molecular weight is 184 g/mol. The summed E-state index contributed by atoms with van der Waals surface area (Å²) in [5, 5.41) is 8.36. The van der Waals surface area contributed by atoms with Crippen LogP contribution in [0.3, 0.4) is 0 Å². The number of rotatable bonds is 8. The summed E-state index contributed by atoms with van der Waals surface area (Å²) in [7, 11) is 0. The Balaban J connectivity index is 3.26. The van der Waals surface area contributed by atoms with Crippen LogP contribution in [0.4, 0.5) is 0 Å². The van der Waals surface area contributed by atoms with E-state index in [9.17, 15) is 4.79 Å². The molecular weight excluding hydrogens is 168 g/mol. The molecule has 0 saturated heterocycles. The molecule has 74 valence electrons. The van der Waals surface area contributed by atoms with Gasteiger partial charge in [-0.15, -0.1) is 0 Å². The SMILES string of the molecule is C=COCC(=C)CCCCC(=O)O. The van der Waals surface area contributed by atoms with Crippen molar-refractivity contribution in [2.75, 3.05) is 6.61 Å². The van der Waals surface area contributed by atoms with Crippen molar-refractivity contribution in [3.8, 4) is 0 Å². The molecule has 0 aliphatic heterocycles. The molecule has 1 N–H and O–H groups in total. The van der Waals surface area contributed by atoms with Gasteiger partial charge in [0, 0.05) is 6.42 Å². The number of hydrogen-bond donors (Lipinski definition) is 1. The molecule has 0 fully saturated rings. The average Bonchev–Trinajstić information content (AvgIpc) is 2.08. The van der Waals surface area contributed by atoms with Crippen molar-refractivity contribution in [2.24, 2.45) is 0 Å². The van der Waals surface area contributed by atoms with Gasteiger partial charge in [0.2, 0.25) is 0 Å². The highest BCUT2D eigenvalue weighted by Gasteiger charge is 1.98. The van der Waals surface area contributed by atoms with Gasteiger partial charge in [0.05, 0.1) is 6.26 Å². The highest BCUT2D eigenvalue weighted by Crippen LogP contribution is 2.07. The highest BCUT2D eigenvalue weighted by atomic mass is 16.5. The summed E-state index contributed by atoms with van der Waals surface area (Å²) >= 11 is 0. The monoisotopic (exact) mass is 184 g/mol. The molecule has 0 aromatic rings. The summed E-state index contributed by atoms with van der Waals surface area (Å²) in [6.07, 6.45) is 3.98. The first-order valence-corrected chi connectivity index (χ1v) is 4.27. The van der Waals surface area contributed by atoms with Crippen LogP contribution in [0, 0.1) is 0 Å². The third kappa shape index (κ3) is 8.66. The smallest absolute Gasteiger partial charge is 0.303 e. The van der Waals surface area contributed by atoms with Crippen molar-refractivity contribution < 1.29 is 14.6 Å². The Hall–Kier alpha value is -1.25. The largest absolute Gasteiger partial charge is 0.497 e. The van der Waals surface area contributed by atoms with Crippen LogP contribution < -0.4 is 0 Å². The lowest BCUT2D eigenvalue weighted by Crippen LogP contribution is -1.96. The fourth-order valence-electron chi connectivity index (χ4n) is 0.900. The number of hydrogen-bond acceptors (Lipinski definition) is 2. The van der Waals surface area contributed by atoms with Gasteiger partial charge >= 0.3 is 5.97 Å². The van der Waals surface area contributed by atoms with Crippen molar-refractivity contribution in [3.63, 3.8) is 0 Å². The zero-order valence-corrected chi connectivity index (χ0v) is 7.79. The third-order valence-electron chi connectivity index (χ3n) is 1.58. The van der Waals surface area contributed by atoms with Gasteiger partial charge in [-0.25, -0.2) is 0 Å². The summed E-state index contributed by atoms with van der Waals surface area (Å²) in [5.41, 5.74) is 0.977. The van der Waals surface area contributed by atoms with Gasteiger partial charge in [0.15, 0.2) is 0 Å². The summed E-state index contributed by atoms with van der Waals surface area (Å²) in [4.78, 5) is 10.2. The van der Waals surface area contributed by atoms with Gasteiger partial charge in [-0.1, -0.05) is 13.2 Å². The van der Waals surface area contributed by atoms with E-state index in [1.54, 1.807) is 0 Å². The van der Waals surface area contributed by atoms with Gasteiger partial charge in [-0.05, 0) is 24.8 Å². The second-order valence-corrected chi connectivity index (χ2v) is 2.83. The molecule has 0 saturated carbocycles. The number of carbonyl (C=O) groups is 1. The van der Waals surface area contributed by atoms with Crippen LogP contribution in [-0.4, -0.2) is 17.7 Å². The molecule has 0 rings (SSSR count). The standard InChI is InChI=1S/C10H16O3/c1-3-13-8-9(2)6-4-5-7-10(11)12/h3H,1-2,4-8H2,(H,11,12). The first-order valence-electron chi connectivity index (χ1n) is 4.27. The van der Waals surface area contributed by atoms with E-state index >= 15 is 0 Å². The van der Waals surface area contributed by atoms with Crippen LogP contribution >= 0.6 is 0 Å². The Morgan fingerprint density at radius 1 is 1.38 bits per heavy atom. The van der Waals surface area contributed by atoms with E-state index in [2.05, 4.69) is 13.2 Å². The van der Waals surface area contributed by atoms with Crippen LogP contribution in [0.5, 0.6) is 0 Å². The van der Waals surface area contributed by atoms with E-state index in [1.807, 2.05) is 0 Å². The molecule has 0 spiro atoms. The van der Waals surface area contributed by atoms with Gasteiger partial charge in [0.25, 0.3) is 0 Å². The molecule has 0 aromatic heterocycles. The maximum Gasteiger partial charge on any atom is 0.303 e. The third-order valence-corrected chi connectivity index (χ3v) is 1.58. The molecule has 3 nitrogen and oxygen atoms in total. The van der Waals surface area contributed by atoms with Crippen molar-refractivity contribution in [1.82, 2.24) is 0 Å². The summed E-state index contributed by atoms with van der Waals surface area (Å²) in [5.74, 6) is -0.743. The zero-order valence-electron chi connectivity index (χ0n) is 7.79. The van der Waals surface area contributed by atoms with Crippen LogP contribution in [0.1, 0.15) is 25.7 Å². The minimum absolute atomic E-state index is 0.232. The molecular formula is C10H16O3. The molecule has 0 amide bonds. The van der Waals surface area contributed by atoms with Crippen molar-refractivity contribution in [1.29, 1.82) is 0 Å². The number of unbranched alkanes of at least 4 members (excludes halogenated alkanes) is 1. The van der Waals surface area contributed by atoms with E-state index in [0.29, 0.717) is 13.0 Å². The normalized spacial score (nSPS) is 9.23. The first-order chi connectivity index (χ1) is 6.16. The van der Waals surface area contributed by atoms with E-state index in [4.69, 9.17) is 9.84 Å². The molecule has 0 atom stereocenters. The molecule has 13 heavy (non-hydrogen) atoms. The molecule has 0 radical (unpaired) electrons. The van der Waals surface area contributed by atoms with Gasteiger partial charge in [-0.2, -0.15) is 0 Å². The van der Waals surface area contributed by atoms with Crippen LogP contribution in [0.25, 0.3) is 0 Å². The maximum atomic E-state index is 10.2. The zero-order chi connectivity index (χ0) is 10.1. The van der Waals surface area contributed by atoms with Crippen LogP contribution in [0.15, 0.2) is 25.0 Å². The lowest BCUT2D eigenvalue weighted by molar-refractivity contribution is -0.137. The molecule has 0 bridgehead atoms. The van der Waals surface area contributed by atoms with Gasteiger partial charge < -0.3 is 9.84 Å². The molecule has 3 heteroatoms. The number of ether oxygens (including phenoxy) is 1. The Labute approximate surface area is 78.7 Å². The Bertz CT molecular complexity index is 185. The maximum absolute atomic E-state index is 10.2. The molecule has 0 aromatic carbocycles. The number of carboxylic acids is 1. The highest BCUT2D eigenvalue weighted by molar-refractivity contribution is 5.66. The molecule has 0 aliphatic rings. The van der Waals surface area contributed by atoms with E-state index in [0.717, 1.165) is 18.4 Å². The van der Waals surface area contributed by atoms with Gasteiger partial charge in [-0.3, -0.25) is 4.79 Å². The lowest BCUT2D eigenvalue weighted by atomic mass is 10.1. The van der Waals surface area contributed by atoms with Gasteiger partial charge in [0.1, 0.15) is 6.61 Å². The quantitative estimate of drug-likeness (QED) is 0.358. The Morgan fingerprint density at radius 2 is 2.00 bits per heavy atom. The van der Waals surface area contributed by atoms with Crippen molar-refractivity contribution in [2.45, 2.75) is 25.7 Å². The van der Waals surface area contributed by atoms with E-state index in [1.165, 1.54) is 6.26 Å². The minimum Gasteiger partial charge on any atom is -0.497 e. The predicted molar refractivity (Wildman–Crippen MR) is 51.4 cm³/mol. The van der Waals surface area contributed by atoms with Crippen molar-refractivity contribution in [3.05, 3.63) is 25.0 Å². The fourth-order valence-corrected chi connectivity index (χ4v) is 0.900. The lowest BCUT2D eigenvalue weighted by Gasteiger charge is -2.03. The minimum atomic E-state index is -0.743. The van der Waals surface area contributed by atoms with Crippen LogP contribution in [-0.2, 0) is 9.53 Å². The number of aliphatic carboxylic acids is 1. The Morgan fingerprint density at radius 3 is 2.54 bits per heavy atom. The van der Waals surface area contributed by atoms with Crippen LogP contribution in [0.2, 0.25) is 0 Å². The summed E-state index contributed by atoms with van der Waals surface area (Å²) < 4.78 is 4.92. The molecule has 0 heterocycles. The second-order valence-electron chi connectivity index (χ2n) is 2.83. The number of carboxylic acid groups (broad SMARTS) is 1. The molecule has 0 aliphatic carbocycles. The predicted octanol–water partition coefficient (Wildman–Crippen LogP) is 2.35. The van der Waals surface area contributed by atoms with E-state index < -0.39 is 5.97 Å². The molecule has 0 unspecified atom stereocenters. The fraction of sp³-hybridized carbons (Fsp3) is 0.500. The van der Waals surface area contributed by atoms with E-state index in [-0.39, 0.29) is 6.42 Å².